The van der Waals surface area contributed by atoms with Gasteiger partial charge in [-0.05, 0) is 19.3 Å². The first-order valence-electron chi connectivity index (χ1n) is 6.76. The van der Waals surface area contributed by atoms with Crippen molar-refractivity contribution in [3.63, 3.8) is 0 Å². The predicted molar refractivity (Wildman–Crippen MR) is 74.5 cm³/mol. The highest BCUT2D eigenvalue weighted by Gasteiger charge is 2.41. The summed E-state index contributed by atoms with van der Waals surface area (Å²) < 4.78 is 5.19. The van der Waals surface area contributed by atoms with E-state index in [0.717, 1.165) is 25.2 Å². The van der Waals surface area contributed by atoms with Crippen molar-refractivity contribution in [1.29, 1.82) is 0 Å². The minimum atomic E-state index is -0.0413. The Labute approximate surface area is 114 Å². The van der Waals surface area contributed by atoms with Gasteiger partial charge in [-0.3, -0.25) is 0 Å². The van der Waals surface area contributed by atoms with Crippen LogP contribution in [0.2, 0.25) is 0 Å². The highest BCUT2D eigenvalue weighted by molar-refractivity contribution is 5.36. The van der Waals surface area contributed by atoms with Crippen molar-refractivity contribution in [1.82, 2.24) is 9.97 Å². The molecule has 0 spiro atoms. The van der Waals surface area contributed by atoms with Crippen LogP contribution in [0.1, 0.15) is 26.0 Å². The van der Waals surface area contributed by atoms with Crippen LogP contribution in [0.5, 0.6) is 5.88 Å². The number of hydrogen-bond donors (Lipinski definition) is 1. The average molecular weight is 265 g/mol. The molecule has 1 N–H and O–H groups in total. The Bertz CT molecular complexity index is 450. The van der Waals surface area contributed by atoms with Crippen LogP contribution in [-0.4, -0.2) is 41.9 Å². The Morgan fingerprint density at radius 3 is 2.74 bits per heavy atom. The summed E-state index contributed by atoms with van der Waals surface area (Å²) in [5, 5.41) is 9.71. The molecule has 0 bridgehead atoms. The third kappa shape index (κ3) is 2.66. The van der Waals surface area contributed by atoms with E-state index < -0.39 is 0 Å². The third-order valence-corrected chi connectivity index (χ3v) is 4.24. The van der Waals surface area contributed by atoms with Crippen LogP contribution in [-0.2, 0) is 0 Å². The highest BCUT2D eigenvalue weighted by Crippen LogP contribution is 2.38. The minimum Gasteiger partial charge on any atom is -0.481 e. The lowest BCUT2D eigenvalue weighted by atomic mass is 9.77. The van der Waals surface area contributed by atoms with Crippen molar-refractivity contribution in [3.05, 3.63) is 11.8 Å². The molecule has 0 amide bonds. The second kappa shape index (κ2) is 5.33. The molecule has 106 valence electrons. The summed E-state index contributed by atoms with van der Waals surface area (Å²) in [5.41, 5.74) is 0.855. The SMILES string of the molecule is COc1cc(C)nc(N2CCC(CO)(C(C)C)C2)n1. The molecule has 1 saturated heterocycles. The topological polar surface area (TPSA) is 58.5 Å². The fourth-order valence-corrected chi connectivity index (χ4v) is 2.62. The number of anilines is 1. The predicted octanol–water partition coefficient (Wildman–Crippen LogP) is 1.64. The summed E-state index contributed by atoms with van der Waals surface area (Å²) >= 11 is 0. The second-order valence-corrected chi connectivity index (χ2v) is 5.70. The van der Waals surface area contributed by atoms with Crippen LogP contribution in [0.4, 0.5) is 5.95 Å². The summed E-state index contributed by atoms with van der Waals surface area (Å²) in [4.78, 5) is 11.0. The van der Waals surface area contributed by atoms with Crippen LogP contribution < -0.4 is 9.64 Å². The second-order valence-electron chi connectivity index (χ2n) is 5.70. The van der Waals surface area contributed by atoms with Crippen molar-refractivity contribution in [2.75, 3.05) is 31.7 Å². The Morgan fingerprint density at radius 2 is 2.21 bits per heavy atom. The van der Waals surface area contributed by atoms with Gasteiger partial charge < -0.3 is 14.7 Å². The molecule has 1 aliphatic heterocycles. The maximum absolute atomic E-state index is 9.71. The van der Waals surface area contributed by atoms with E-state index in [9.17, 15) is 5.11 Å². The van der Waals surface area contributed by atoms with E-state index in [1.54, 1.807) is 7.11 Å². The number of ether oxygens (including phenoxy) is 1. The van der Waals surface area contributed by atoms with E-state index in [1.807, 2.05) is 13.0 Å². The standard InChI is InChI=1S/C14H23N3O2/c1-10(2)14(9-18)5-6-17(8-14)13-15-11(3)7-12(16-13)19-4/h7,10,18H,5-6,8-9H2,1-4H3. The number of aliphatic hydroxyl groups is 1. The number of aliphatic hydroxyl groups excluding tert-OH is 1. The number of hydrogen-bond acceptors (Lipinski definition) is 5. The van der Waals surface area contributed by atoms with E-state index in [0.29, 0.717) is 17.7 Å². The largest absolute Gasteiger partial charge is 0.481 e. The van der Waals surface area contributed by atoms with E-state index >= 15 is 0 Å². The fourth-order valence-electron chi connectivity index (χ4n) is 2.62. The zero-order chi connectivity index (χ0) is 14.0. The van der Waals surface area contributed by atoms with Gasteiger partial charge >= 0.3 is 0 Å². The Kier molecular flexibility index (Phi) is 3.94. The molecule has 5 heteroatoms. The molecule has 0 aliphatic carbocycles. The summed E-state index contributed by atoms with van der Waals surface area (Å²) in [6.45, 7) is 8.16. The van der Waals surface area contributed by atoms with Crippen molar-refractivity contribution >= 4 is 5.95 Å². The molecular weight excluding hydrogens is 242 g/mol. The molecule has 19 heavy (non-hydrogen) atoms. The quantitative estimate of drug-likeness (QED) is 0.897. The molecule has 0 radical (unpaired) electrons. The first-order valence-corrected chi connectivity index (χ1v) is 6.76. The number of aryl methyl sites for hydroxylation is 1. The average Bonchev–Trinajstić information content (AvgIpc) is 2.83. The maximum Gasteiger partial charge on any atom is 0.228 e. The third-order valence-electron chi connectivity index (χ3n) is 4.24. The molecule has 1 atom stereocenters. The van der Waals surface area contributed by atoms with Gasteiger partial charge in [-0.1, -0.05) is 13.8 Å². The van der Waals surface area contributed by atoms with E-state index in [1.165, 1.54) is 0 Å². The molecular formula is C14H23N3O2. The zero-order valence-electron chi connectivity index (χ0n) is 12.2. The number of aromatic nitrogens is 2. The van der Waals surface area contributed by atoms with Crippen LogP contribution in [0.25, 0.3) is 0 Å². The first kappa shape index (κ1) is 14.1. The monoisotopic (exact) mass is 265 g/mol. The number of rotatable bonds is 4. The normalized spacial score (nSPS) is 23.2. The van der Waals surface area contributed by atoms with Crippen LogP contribution in [0, 0.1) is 18.3 Å². The Hall–Kier alpha value is -1.36. The van der Waals surface area contributed by atoms with Crippen molar-refractivity contribution in [3.8, 4) is 5.88 Å². The summed E-state index contributed by atoms with van der Waals surface area (Å²) in [6.07, 6.45) is 0.973. The van der Waals surface area contributed by atoms with Gasteiger partial charge in [0.2, 0.25) is 11.8 Å². The van der Waals surface area contributed by atoms with Crippen LogP contribution in [0.15, 0.2) is 6.07 Å². The fraction of sp³-hybridized carbons (Fsp3) is 0.714. The molecule has 1 fully saturated rings. The minimum absolute atomic E-state index is 0.0413. The molecule has 1 aliphatic rings. The molecule has 1 aromatic rings. The molecule has 0 aromatic carbocycles. The van der Waals surface area contributed by atoms with E-state index in [4.69, 9.17) is 4.74 Å². The van der Waals surface area contributed by atoms with Gasteiger partial charge in [-0.15, -0.1) is 0 Å². The summed E-state index contributed by atoms with van der Waals surface area (Å²) in [6, 6.07) is 1.82. The smallest absolute Gasteiger partial charge is 0.228 e. The summed E-state index contributed by atoms with van der Waals surface area (Å²) in [7, 11) is 1.61. The molecule has 2 rings (SSSR count). The lowest BCUT2D eigenvalue weighted by Crippen LogP contribution is -2.35. The van der Waals surface area contributed by atoms with Gasteiger partial charge in [-0.25, -0.2) is 4.98 Å². The lowest BCUT2D eigenvalue weighted by Gasteiger charge is -2.31. The van der Waals surface area contributed by atoms with Gasteiger partial charge in [0.25, 0.3) is 0 Å². The molecule has 5 nitrogen and oxygen atoms in total. The molecule has 1 unspecified atom stereocenters. The zero-order valence-corrected chi connectivity index (χ0v) is 12.2. The van der Waals surface area contributed by atoms with Gasteiger partial charge in [0.05, 0.1) is 13.7 Å². The maximum atomic E-state index is 9.71. The number of nitrogens with zero attached hydrogens (tertiary/aromatic N) is 3. The van der Waals surface area contributed by atoms with Gasteiger partial charge in [-0.2, -0.15) is 4.98 Å². The molecule has 0 saturated carbocycles. The van der Waals surface area contributed by atoms with Crippen molar-refractivity contribution < 1.29 is 9.84 Å². The molecule has 1 aromatic heterocycles. The molecule has 2 heterocycles. The lowest BCUT2D eigenvalue weighted by molar-refractivity contribution is 0.0975. The van der Waals surface area contributed by atoms with Crippen LogP contribution in [0.3, 0.4) is 0 Å². The first-order chi connectivity index (χ1) is 9.00. The van der Waals surface area contributed by atoms with Crippen molar-refractivity contribution in [2.45, 2.75) is 27.2 Å². The highest BCUT2D eigenvalue weighted by atomic mass is 16.5. The van der Waals surface area contributed by atoms with Crippen molar-refractivity contribution in [2.24, 2.45) is 11.3 Å². The Morgan fingerprint density at radius 1 is 1.47 bits per heavy atom. The van der Waals surface area contributed by atoms with Gasteiger partial charge in [0.1, 0.15) is 0 Å². The number of methoxy groups -OCH3 is 1. The Balaban J connectivity index is 2.23. The van der Waals surface area contributed by atoms with Gasteiger partial charge in [0.15, 0.2) is 0 Å². The summed E-state index contributed by atoms with van der Waals surface area (Å²) in [5.74, 6) is 1.73. The van der Waals surface area contributed by atoms with E-state index in [-0.39, 0.29) is 12.0 Å². The van der Waals surface area contributed by atoms with E-state index in [2.05, 4.69) is 28.7 Å². The van der Waals surface area contributed by atoms with Crippen LogP contribution >= 0.6 is 0 Å². The van der Waals surface area contributed by atoms with Gasteiger partial charge in [0, 0.05) is 30.3 Å².